The molecule has 0 aromatic heterocycles. The number of benzene rings is 2. The number of hydrogen-bond donors (Lipinski definition) is 0. The minimum absolute atomic E-state index is 0.186. The lowest BCUT2D eigenvalue weighted by Gasteiger charge is -2.10. The molecule has 22 heavy (non-hydrogen) atoms. The number of esters is 1. The van der Waals surface area contributed by atoms with Crippen LogP contribution < -0.4 is 4.74 Å². The van der Waals surface area contributed by atoms with E-state index in [0.29, 0.717) is 18.2 Å². The summed E-state index contributed by atoms with van der Waals surface area (Å²) < 4.78 is 56.1. The molecule has 2 rings (SSSR count). The number of alkyl halides is 3. The maximum atomic E-state index is 13.3. The van der Waals surface area contributed by atoms with Gasteiger partial charge in [0, 0.05) is 0 Å². The Balaban J connectivity index is 2.29. The van der Waals surface area contributed by atoms with Crippen molar-refractivity contribution in [1.82, 2.24) is 0 Å². The average molecular weight is 312 g/mol. The lowest BCUT2D eigenvalue weighted by atomic mass is 10.1. The van der Waals surface area contributed by atoms with E-state index in [9.17, 15) is 22.4 Å². The topological polar surface area (TPSA) is 26.3 Å². The first-order valence-electron chi connectivity index (χ1n) is 6.34. The van der Waals surface area contributed by atoms with Crippen LogP contribution in [0.2, 0.25) is 0 Å². The second kappa shape index (κ2) is 5.79. The number of carbonyl (C=O) groups is 1. The van der Waals surface area contributed by atoms with Gasteiger partial charge in [-0.3, -0.25) is 0 Å². The maximum Gasteiger partial charge on any atom is 0.416 e. The predicted molar refractivity (Wildman–Crippen MR) is 72.3 cm³/mol. The van der Waals surface area contributed by atoms with E-state index in [2.05, 4.69) is 0 Å². The number of rotatable bonds is 2. The molecule has 0 aliphatic heterocycles. The van der Waals surface area contributed by atoms with Gasteiger partial charge in [0.25, 0.3) is 0 Å². The number of carbonyl (C=O) groups excluding carboxylic acids is 1. The average Bonchev–Trinajstić information content (AvgIpc) is 2.41. The van der Waals surface area contributed by atoms with Crippen LogP contribution in [0.5, 0.6) is 5.75 Å². The Kier molecular flexibility index (Phi) is 4.21. The summed E-state index contributed by atoms with van der Waals surface area (Å²) in [5.41, 5.74) is 0.107. The van der Waals surface area contributed by atoms with Gasteiger partial charge in [-0.15, -0.1) is 0 Å². The first kappa shape index (κ1) is 16.0. The van der Waals surface area contributed by atoms with Gasteiger partial charge in [-0.05, 0) is 55.3 Å². The lowest BCUT2D eigenvalue weighted by molar-refractivity contribution is -0.137. The summed E-state index contributed by atoms with van der Waals surface area (Å²) in [5, 5.41) is 0. The molecule has 2 nitrogen and oxygen atoms in total. The zero-order valence-electron chi connectivity index (χ0n) is 11.8. The standard InChI is InChI=1S/C16H12F4O2/c1-9-3-4-14(5-10(9)2)22-15(21)11-6-12(16(18,19)20)8-13(17)7-11/h3-8H,1-2H3. The third-order valence-electron chi connectivity index (χ3n) is 3.15. The molecule has 0 aliphatic carbocycles. The molecule has 0 atom stereocenters. The third-order valence-corrected chi connectivity index (χ3v) is 3.15. The largest absolute Gasteiger partial charge is 0.423 e. The summed E-state index contributed by atoms with van der Waals surface area (Å²) in [5.74, 6) is -2.01. The molecule has 0 N–H and O–H groups in total. The molecule has 2 aromatic rings. The zero-order chi connectivity index (χ0) is 16.5. The molecule has 0 heterocycles. The van der Waals surface area contributed by atoms with Gasteiger partial charge in [0.05, 0.1) is 11.1 Å². The Labute approximate surface area is 124 Å². The van der Waals surface area contributed by atoms with Gasteiger partial charge >= 0.3 is 12.1 Å². The fourth-order valence-electron chi connectivity index (χ4n) is 1.81. The number of halogens is 4. The molecular formula is C16H12F4O2. The third kappa shape index (κ3) is 3.63. The molecule has 0 spiro atoms. The van der Waals surface area contributed by atoms with Gasteiger partial charge in [0.15, 0.2) is 0 Å². The van der Waals surface area contributed by atoms with E-state index < -0.39 is 29.1 Å². The van der Waals surface area contributed by atoms with Crippen molar-refractivity contribution in [1.29, 1.82) is 0 Å². The van der Waals surface area contributed by atoms with Crippen LogP contribution in [-0.2, 0) is 6.18 Å². The molecule has 0 bridgehead atoms. The molecule has 0 radical (unpaired) electrons. The van der Waals surface area contributed by atoms with Crippen LogP contribution in [-0.4, -0.2) is 5.97 Å². The summed E-state index contributed by atoms with van der Waals surface area (Å²) in [6.45, 7) is 3.67. The minimum atomic E-state index is -4.74. The Morgan fingerprint density at radius 2 is 1.68 bits per heavy atom. The van der Waals surface area contributed by atoms with E-state index in [1.807, 2.05) is 6.92 Å². The van der Waals surface area contributed by atoms with Crippen molar-refractivity contribution in [2.75, 3.05) is 0 Å². The number of ether oxygens (including phenoxy) is 1. The molecular weight excluding hydrogens is 300 g/mol. The van der Waals surface area contributed by atoms with E-state index in [4.69, 9.17) is 4.74 Å². The Hall–Kier alpha value is -2.37. The minimum Gasteiger partial charge on any atom is -0.423 e. The molecule has 0 fully saturated rings. The van der Waals surface area contributed by atoms with Crippen molar-refractivity contribution in [2.45, 2.75) is 20.0 Å². The van der Waals surface area contributed by atoms with Crippen molar-refractivity contribution in [2.24, 2.45) is 0 Å². The monoisotopic (exact) mass is 312 g/mol. The van der Waals surface area contributed by atoms with Crippen molar-refractivity contribution < 1.29 is 27.1 Å². The highest BCUT2D eigenvalue weighted by atomic mass is 19.4. The van der Waals surface area contributed by atoms with Crippen molar-refractivity contribution in [3.8, 4) is 5.75 Å². The van der Waals surface area contributed by atoms with Gasteiger partial charge in [0.1, 0.15) is 11.6 Å². The van der Waals surface area contributed by atoms with Crippen molar-refractivity contribution in [3.63, 3.8) is 0 Å². The Morgan fingerprint density at radius 1 is 1.00 bits per heavy atom. The van der Waals surface area contributed by atoms with Crippen LogP contribution in [0.25, 0.3) is 0 Å². The van der Waals surface area contributed by atoms with E-state index in [0.717, 1.165) is 11.1 Å². The van der Waals surface area contributed by atoms with Crippen LogP contribution in [0.3, 0.4) is 0 Å². The first-order chi connectivity index (χ1) is 10.2. The number of aryl methyl sites for hydroxylation is 2. The molecule has 0 aliphatic rings. The second-order valence-electron chi connectivity index (χ2n) is 4.86. The fourth-order valence-corrected chi connectivity index (χ4v) is 1.81. The van der Waals surface area contributed by atoms with Crippen molar-refractivity contribution >= 4 is 5.97 Å². The van der Waals surface area contributed by atoms with Crippen LogP contribution in [0.1, 0.15) is 27.0 Å². The normalized spacial score (nSPS) is 11.4. The fraction of sp³-hybridized carbons (Fsp3) is 0.188. The molecule has 0 saturated heterocycles. The SMILES string of the molecule is Cc1ccc(OC(=O)c2cc(F)cc(C(F)(F)F)c2)cc1C. The summed E-state index contributed by atoms with van der Waals surface area (Å²) >= 11 is 0. The summed E-state index contributed by atoms with van der Waals surface area (Å²) in [7, 11) is 0. The van der Waals surface area contributed by atoms with Crippen LogP contribution in [0.4, 0.5) is 17.6 Å². The van der Waals surface area contributed by atoms with Crippen LogP contribution in [0.15, 0.2) is 36.4 Å². The van der Waals surface area contributed by atoms with Crippen molar-refractivity contribution in [3.05, 3.63) is 64.5 Å². The second-order valence-corrected chi connectivity index (χ2v) is 4.86. The summed E-state index contributed by atoms with van der Waals surface area (Å²) in [4.78, 5) is 11.9. The summed E-state index contributed by atoms with van der Waals surface area (Å²) in [6.07, 6.45) is -4.74. The molecule has 6 heteroatoms. The highest BCUT2D eigenvalue weighted by Crippen LogP contribution is 2.30. The van der Waals surface area contributed by atoms with E-state index >= 15 is 0 Å². The highest BCUT2D eigenvalue weighted by Gasteiger charge is 2.32. The number of hydrogen-bond acceptors (Lipinski definition) is 2. The lowest BCUT2D eigenvalue weighted by Crippen LogP contribution is -2.12. The van der Waals surface area contributed by atoms with E-state index in [-0.39, 0.29) is 5.75 Å². The molecule has 2 aromatic carbocycles. The molecule has 0 unspecified atom stereocenters. The Morgan fingerprint density at radius 3 is 2.27 bits per heavy atom. The van der Waals surface area contributed by atoms with Gasteiger partial charge in [-0.25, -0.2) is 9.18 Å². The molecule has 0 saturated carbocycles. The quantitative estimate of drug-likeness (QED) is 0.457. The first-order valence-corrected chi connectivity index (χ1v) is 6.34. The molecule has 0 amide bonds. The Bertz CT molecular complexity index is 721. The van der Waals surface area contributed by atoms with Gasteiger partial charge in [0.2, 0.25) is 0 Å². The molecule has 116 valence electrons. The van der Waals surface area contributed by atoms with Gasteiger partial charge in [-0.1, -0.05) is 6.07 Å². The van der Waals surface area contributed by atoms with Crippen LogP contribution >= 0.6 is 0 Å². The smallest absolute Gasteiger partial charge is 0.416 e. The van der Waals surface area contributed by atoms with E-state index in [1.165, 1.54) is 6.07 Å². The maximum absolute atomic E-state index is 13.3. The van der Waals surface area contributed by atoms with Gasteiger partial charge in [-0.2, -0.15) is 13.2 Å². The zero-order valence-corrected chi connectivity index (χ0v) is 11.8. The highest BCUT2D eigenvalue weighted by molar-refractivity contribution is 5.91. The predicted octanol–water partition coefficient (Wildman–Crippen LogP) is 4.68. The van der Waals surface area contributed by atoms with E-state index in [1.54, 1.807) is 19.1 Å². The van der Waals surface area contributed by atoms with Gasteiger partial charge < -0.3 is 4.74 Å². The summed E-state index contributed by atoms with van der Waals surface area (Å²) in [6, 6.07) is 6.41. The van der Waals surface area contributed by atoms with Crippen LogP contribution in [0, 0.1) is 19.7 Å².